The Hall–Kier alpha value is -2.86. The maximum Gasteiger partial charge on any atom is 0.312 e. The van der Waals surface area contributed by atoms with E-state index in [1.165, 1.54) is 5.56 Å². The number of amides is 3. The van der Waals surface area contributed by atoms with Crippen molar-refractivity contribution in [1.82, 2.24) is 15.1 Å². The van der Waals surface area contributed by atoms with E-state index in [9.17, 15) is 9.59 Å². The standard InChI is InChI=1S/C21H26N4O2/c22-21(27)23-16-18-6-8-19(9-7-18)20(26)25-14-12-24(13-15-25)11-10-17-4-2-1-3-5-17/h1-9H,10-16H2,(H3,22,23,27). The van der Waals surface area contributed by atoms with Crippen molar-refractivity contribution in [1.29, 1.82) is 0 Å². The van der Waals surface area contributed by atoms with Gasteiger partial charge in [0.2, 0.25) is 0 Å². The summed E-state index contributed by atoms with van der Waals surface area (Å²) in [6.45, 7) is 4.69. The van der Waals surface area contributed by atoms with E-state index in [2.05, 4.69) is 34.5 Å². The summed E-state index contributed by atoms with van der Waals surface area (Å²) in [5.74, 6) is 0.0621. The number of urea groups is 1. The fraction of sp³-hybridized carbons (Fsp3) is 0.333. The Morgan fingerprint density at radius 3 is 2.19 bits per heavy atom. The number of carbonyl (C=O) groups excluding carboxylic acids is 2. The molecular formula is C21H26N4O2. The average molecular weight is 366 g/mol. The largest absolute Gasteiger partial charge is 0.352 e. The molecule has 0 aliphatic carbocycles. The van der Waals surface area contributed by atoms with E-state index in [4.69, 9.17) is 5.73 Å². The van der Waals surface area contributed by atoms with Gasteiger partial charge in [-0.2, -0.15) is 0 Å². The Morgan fingerprint density at radius 2 is 1.56 bits per heavy atom. The summed E-state index contributed by atoms with van der Waals surface area (Å²) in [7, 11) is 0. The first kappa shape index (κ1) is 18.9. The summed E-state index contributed by atoms with van der Waals surface area (Å²) in [5, 5.41) is 2.54. The molecule has 0 bridgehead atoms. The predicted molar refractivity (Wildman–Crippen MR) is 105 cm³/mol. The summed E-state index contributed by atoms with van der Waals surface area (Å²) in [5.41, 5.74) is 8.01. The van der Waals surface area contributed by atoms with Gasteiger partial charge in [-0.25, -0.2) is 4.79 Å². The molecular weight excluding hydrogens is 340 g/mol. The van der Waals surface area contributed by atoms with Crippen LogP contribution in [0.1, 0.15) is 21.5 Å². The van der Waals surface area contributed by atoms with Gasteiger partial charge in [-0.1, -0.05) is 42.5 Å². The van der Waals surface area contributed by atoms with Crippen LogP contribution in [0.5, 0.6) is 0 Å². The minimum Gasteiger partial charge on any atom is -0.352 e. The second-order valence-corrected chi connectivity index (χ2v) is 6.78. The zero-order chi connectivity index (χ0) is 19.1. The first-order valence-electron chi connectivity index (χ1n) is 9.29. The summed E-state index contributed by atoms with van der Waals surface area (Å²) in [6, 6.07) is 17.2. The number of piperazine rings is 1. The monoisotopic (exact) mass is 366 g/mol. The number of nitrogens with two attached hydrogens (primary N) is 1. The second kappa shape index (κ2) is 9.19. The number of nitrogens with zero attached hydrogens (tertiary/aromatic N) is 2. The Bertz CT molecular complexity index is 754. The topological polar surface area (TPSA) is 78.7 Å². The van der Waals surface area contributed by atoms with E-state index in [1.807, 2.05) is 35.2 Å². The molecule has 1 aliphatic rings. The Balaban J connectivity index is 1.46. The van der Waals surface area contributed by atoms with Crippen molar-refractivity contribution in [2.24, 2.45) is 5.73 Å². The van der Waals surface area contributed by atoms with Crippen molar-refractivity contribution in [2.45, 2.75) is 13.0 Å². The lowest BCUT2D eigenvalue weighted by Crippen LogP contribution is -2.49. The van der Waals surface area contributed by atoms with Crippen molar-refractivity contribution >= 4 is 11.9 Å². The summed E-state index contributed by atoms with van der Waals surface area (Å²) < 4.78 is 0. The van der Waals surface area contributed by atoms with Crippen LogP contribution < -0.4 is 11.1 Å². The molecule has 0 spiro atoms. The molecule has 1 fully saturated rings. The van der Waals surface area contributed by atoms with Crippen LogP contribution in [0.3, 0.4) is 0 Å². The van der Waals surface area contributed by atoms with Gasteiger partial charge in [0.15, 0.2) is 0 Å². The van der Waals surface area contributed by atoms with Gasteiger partial charge in [0.05, 0.1) is 0 Å². The van der Waals surface area contributed by atoms with E-state index >= 15 is 0 Å². The number of rotatable bonds is 6. The van der Waals surface area contributed by atoms with Crippen LogP contribution >= 0.6 is 0 Å². The molecule has 6 heteroatoms. The molecule has 2 aromatic rings. The molecule has 6 nitrogen and oxygen atoms in total. The molecule has 0 saturated carbocycles. The Kier molecular flexibility index (Phi) is 6.44. The smallest absolute Gasteiger partial charge is 0.312 e. The van der Waals surface area contributed by atoms with E-state index in [0.29, 0.717) is 12.1 Å². The Labute approximate surface area is 159 Å². The lowest BCUT2D eigenvalue weighted by molar-refractivity contribution is 0.0638. The van der Waals surface area contributed by atoms with Crippen molar-refractivity contribution < 1.29 is 9.59 Å². The third kappa shape index (κ3) is 5.56. The average Bonchev–Trinajstić information content (AvgIpc) is 2.72. The van der Waals surface area contributed by atoms with E-state index in [-0.39, 0.29) is 5.91 Å². The zero-order valence-electron chi connectivity index (χ0n) is 15.4. The third-order valence-electron chi connectivity index (χ3n) is 4.89. The third-order valence-corrected chi connectivity index (χ3v) is 4.89. The van der Waals surface area contributed by atoms with Crippen LogP contribution in [-0.4, -0.2) is 54.5 Å². The van der Waals surface area contributed by atoms with Crippen LogP contribution in [0.4, 0.5) is 4.79 Å². The second-order valence-electron chi connectivity index (χ2n) is 6.78. The first-order valence-corrected chi connectivity index (χ1v) is 9.29. The highest BCUT2D eigenvalue weighted by atomic mass is 16.2. The van der Waals surface area contributed by atoms with Crippen LogP contribution in [0.2, 0.25) is 0 Å². The van der Waals surface area contributed by atoms with Gasteiger partial charge in [0, 0.05) is 44.8 Å². The van der Waals surface area contributed by atoms with Crippen molar-refractivity contribution in [2.75, 3.05) is 32.7 Å². The fourth-order valence-electron chi connectivity index (χ4n) is 3.24. The first-order chi connectivity index (χ1) is 13.1. The maximum atomic E-state index is 12.7. The minimum absolute atomic E-state index is 0.0621. The molecule has 3 N–H and O–H groups in total. The molecule has 3 amide bonds. The molecule has 0 atom stereocenters. The molecule has 3 rings (SSSR count). The molecule has 142 valence electrons. The van der Waals surface area contributed by atoms with Crippen LogP contribution in [0.25, 0.3) is 0 Å². The highest BCUT2D eigenvalue weighted by Crippen LogP contribution is 2.11. The zero-order valence-corrected chi connectivity index (χ0v) is 15.4. The van der Waals surface area contributed by atoms with Gasteiger partial charge in [0.25, 0.3) is 5.91 Å². The quantitative estimate of drug-likeness (QED) is 0.819. The summed E-state index contributed by atoms with van der Waals surface area (Å²) in [6.07, 6.45) is 1.04. The van der Waals surface area contributed by atoms with Crippen LogP contribution in [0.15, 0.2) is 54.6 Å². The van der Waals surface area contributed by atoms with Gasteiger partial charge in [-0.3, -0.25) is 9.69 Å². The fourth-order valence-corrected chi connectivity index (χ4v) is 3.24. The molecule has 1 heterocycles. The minimum atomic E-state index is -0.555. The van der Waals surface area contributed by atoms with Gasteiger partial charge < -0.3 is 16.0 Å². The number of nitrogens with one attached hydrogen (secondary N) is 1. The lowest BCUT2D eigenvalue weighted by Gasteiger charge is -2.34. The van der Waals surface area contributed by atoms with Gasteiger partial charge >= 0.3 is 6.03 Å². The van der Waals surface area contributed by atoms with Gasteiger partial charge in [-0.15, -0.1) is 0 Å². The number of benzene rings is 2. The highest BCUT2D eigenvalue weighted by Gasteiger charge is 2.21. The predicted octanol–water partition coefficient (Wildman–Crippen LogP) is 1.86. The Morgan fingerprint density at radius 1 is 0.889 bits per heavy atom. The number of hydrogen-bond acceptors (Lipinski definition) is 3. The SMILES string of the molecule is NC(=O)NCc1ccc(C(=O)N2CCN(CCc3ccccc3)CC2)cc1. The van der Waals surface area contributed by atoms with E-state index < -0.39 is 6.03 Å². The molecule has 2 aromatic carbocycles. The normalized spacial score (nSPS) is 14.7. The highest BCUT2D eigenvalue weighted by molar-refractivity contribution is 5.94. The van der Waals surface area contributed by atoms with Gasteiger partial charge in [-0.05, 0) is 29.7 Å². The van der Waals surface area contributed by atoms with Crippen LogP contribution in [-0.2, 0) is 13.0 Å². The van der Waals surface area contributed by atoms with Crippen molar-refractivity contribution in [3.63, 3.8) is 0 Å². The maximum absolute atomic E-state index is 12.7. The number of hydrogen-bond donors (Lipinski definition) is 2. The number of carbonyl (C=O) groups is 2. The van der Waals surface area contributed by atoms with Crippen LogP contribution in [0, 0.1) is 0 Å². The van der Waals surface area contributed by atoms with Crippen molar-refractivity contribution in [3.05, 3.63) is 71.3 Å². The molecule has 27 heavy (non-hydrogen) atoms. The molecule has 0 radical (unpaired) electrons. The number of primary amides is 1. The molecule has 0 unspecified atom stereocenters. The van der Waals surface area contributed by atoms with E-state index in [0.717, 1.165) is 44.7 Å². The molecule has 1 aliphatic heterocycles. The molecule has 0 aromatic heterocycles. The summed E-state index contributed by atoms with van der Waals surface area (Å²) >= 11 is 0. The van der Waals surface area contributed by atoms with Gasteiger partial charge in [0.1, 0.15) is 0 Å². The van der Waals surface area contributed by atoms with E-state index in [1.54, 1.807) is 0 Å². The van der Waals surface area contributed by atoms with Crippen molar-refractivity contribution in [3.8, 4) is 0 Å². The summed E-state index contributed by atoms with van der Waals surface area (Å²) in [4.78, 5) is 27.8. The molecule has 1 saturated heterocycles. The lowest BCUT2D eigenvalue weighted by atomic mass is 10.1.